The minimum atomic E-state index is -0.624. The van der Waals surface area contributed by atoms with Crippen molar-refractivity contribution in [3.63, 3.8) is 0 Å². The van der Waals surface area contributed by atoms with Gasteiger partial charge in [0.1, 0.15) is 0 Å². The van der Waals surface area contributed by atoms with Crippen LogP contribution in [0.15, 0.2) is 12.2 Å². The van der Waals surface area contributed by atoms with Crippen LogP contribution in [0, 0.1) is 11.8 Å². The van der Waals surface area contributed by atoms with Gasteiger partial charge in [-0.1, -0.05) is 47.1 Å². The molecule has 1 atom stereocenters. The maximum Gasteiger partial charge on any atom is 0.334 e. The van der Waals surface area contributed by atoms with Crippen molar-refractivity contribution in [2.45, 2.75) is 53.4 Å². The lowest BCUT2D eigenvalue weighted by Gasteiger charge is -2.20. The highest BCUT2D eigenvalue weighted by atomic mass is 16.5. The molecule has 0 heterocycles. The molecule has 4 heteroatoms. The quantitative estimate of drug-likeness (QED) is 0.350. The highest BCUT2D eigenvalue weighted by Crippen LogP contribution is 2.22. The van der Waals surface area contributed by atoms with Crippen molar-refractivity contribution >= 4 is 11.9 Å². The van der Waals surface area contributed by atoms with Crippen molar-refractivity contribution in [1.82, 2.24) is 0 Å². The number of hydrogen-bond donors (Lipinski definition) is 0. The number of rotatable bonds is 10. The van der Waals surface area contributed by atoms with Gasteiger partial charge in [-0.05, 0) is 18.8 Å². The fraction of sp³-hybridized carbons (Fsp3) is 0.750. The molecule has 0 amide bonds. The van der Waals surface area contributed by atoms with Crippen LogP contribution < -0.4 is 0 Å². The Kier molecular flexibility index (Phi) is 9.77. The molecule has 0 rings (SSSR count). The Morgan fingerprint density at radius 1 is 1.00 bits per heavy atom. The molecule has 0 aliphatic carbocycles. The zero-order chi connectivity index (χ0) is 15.5. The predicted octanol–water partition coefficient (Wildman–Crippen LogP) is 3.50. The summed E-state index contributed by atoms with van der Waals surface area (Å²) in [5.74, 6) is -1.55. The fourth-order valence-electron chi connectivity index (χ4n) is 1.75. The molecule has 0 N–H and O–H groups in total. The summed E-state index contributed by atoms with van der Waals surface area (Å²) in [7, 11) is 0. The normalized spacial score (nSPS) is 12.1. The van der Waals surface area contributed by atoms with Crippen LogP contribution in [0.5, 0.6) is 0 Å². The Hall–Kier alpha value is -1.32. The third kappa shape index (κ3) is 6.73. The Bertz CT molecular complexity index is 320. The Morgan fingerprint density at radius 2 is 1.50 bits per heavy atom. The largest absolute Gasteiger partial charge is 0.465 e. The molecule has 0 bridgehead atoms. The molecule has 20 heavy (non-hydrogen) atoms. The molecule has 116 valence electrons. The van der Waals surface area contributed by atoms with E-state index in [2.05, 4.69) is 6.58 Å². The van der Waals surface area contributed by atoms with E-state index in [4.69, 9.17) is 9.47 Å². The Morgan fingerprint density at radius 3 is 1.95 bits per heavy atom. The molecular formula is C16H28O4. The number of ether oxygens (including phenoxy) is 2. The van der Waals surface area contributed by atoms with E-state index in [1.807, 2.05) is 27.7 Å². The SMILES string of the molecule is C=C(C(=O)OCCCC)C(C(=O)OCCCC)C(C)C. The van der Waals surface area contributed by atoms with Gasteiger partial charge in [-0.15, -0.1) is 0 Å². The maximum absolute atomic E-state index is 12.0. The zero-order valence-corrected chi connectivity index (χ0v) is 13.2. The molecule has 0 aromatic carbocycles. The molecule has 0 aromatic heterocycles. The van der Waals surface area contributed by atoms with Crippen LogP contribution in [0.2, 0.25) is 0 Å². The smallest absolute Gasteiger partial charge is 0.334 e. The van der Waals surface area contributed by atoms with Crippen molar-refractivity contribution < 1.29 is 19.1 Å². The summed E-state index contributed by atoms with van der Waals surface area (Å²) in [6.45, 7) is 12.3. The summed E-state index contributed by atoms with van der Waals surface area (Å²) >= 11 is 0. The van der Waals surface area contributed by atoms with Crippen molar-refractivity contribution in [2.75, 3.05) is 13.2 Å². The van der Waals surface area contributed by atoms with Gasteiger partial charge in [0.05, 0.1) is 19.1 Å². The molecule has 0 aliphatic rings. The lowest BCUT2D eigenvalue weighted by Crippen LogP contribution is -2.29. The van der Waals surface area contributed by atoms with Crippen LogP contribution >= 0.6 is 0 Å². The molecule has 0 fully saturated rings. The number of esters is 2. The van der Waals surface area contributed by atoms with Gasteiger partial charge in [0.15, 0.2) is 0 Å². The Labute approximate surface area is 122 Å². The first-order chi connectivity index (χ1) is 9.45. The van der Waals surface area contributed by atoms with E-state index in [9.17, 15) is 9.59 Å². The first-order valence-electron chi connectivity index (χ1n) is 7.48. The van der Waals surface area contributed by atoms with E-state index >= 15 is 0 Å². The molecule has 0 radical (unpaired) electrons. The minimum Gasteiger partial charge on any atom is -0.465 e. The van der Waals surface area contributed by atoms with Crippen LogP contribution in [-0.4, -0.2) is 25.2 Å². The van der Waals surface area contributed by atoms with Gasteiger partial charge in [-0.3, -0.25) is 4.79 Å². The number of hydrogen-bond acceptors (Lipinski definition) is 4. The average Bonchev–Trinajstić information content (AvgIpc) is 2.38. The van der Waals surface area contributed by atoms with Crippen LogP contribution in [0.4, 0.5) is 0 Å². The summed E-state index contributed by atoms with van der Waals surface area (Å²) in [5.41, 5.74) is 0.192. The summed E-state index contributed by atoms with van der Waals surface area (Å²) in [6, 6.07) is 0. The average molecular weight is 284 g/mol. The van der Waals surface area contributed by atoms with Crippen molar-refractivity contribution in [1.29, 1.82) is 0 Å². The van der Waals surface area contributed by atoms with Crippen molar-refractivity contribution in [3.05, 3.63) is 12.2 Å². The van der Waals surface area contributed by atoms with Gasteiger partial charge in [-0.25, -0.2) is 4.79 Å². The third-order valence-electron chi connectivity index (χ3n) is 3.03. The standard InChI is InChI=1S/C16H28O4/c1-6-8-10-19-15(17)13(5)14(12(3)4)16(18)20-11-9-7-2/h12,14H,5-11H2,1-4H3. The lowest BCUT2D eigenvalue weighted by atomic mass is 9.89. The van der Waals surface area contributed by atoms with Gasteiger partial charge in [0, 0.05) is 5.57 Å². The molecule has 0 saturated carbocycles. The van der Waals surface area contributed by atoms with Crippen LogP contribution in [0.1, 0.15) is 53.4 Å². The van der Waals surface area contributed by atoms with Gasteiger partial charge < -0.3 is 9.47 Å². The van der Waals surface area contributed by atoms with Gasteiger partial charge in [0.2, 0.25) is 0 Å². The topological polar surface area (TPSA) is 52.6 Å². The highest BCUT2D eigenvalue weighted by Gasteiger charge is 2.31. The number of carbonyl (C=O) groups excluding carboxylic acids is 2. The molecule has 1 unspecified atom stereocenters. The van der Waals surface area contributed by atoms with Gasteiger partial charge in [0.25, 0.3) is 0 Å². The molecule has 4 nitrogen and oxygen atoms in total. The maximum atomic E-state index is 12.0. The molecule has 0 aliphatic heterocycles. The van der Waals surface area contributed by atoms with E-state index in [1.165, 1.54) is 0 Å². The summed E-state index contributed by atoms with van der Waals surface area (Å²) in [5, 5.41) is 0. The third-order valence-corrected chi connectivity index (χ3v) is 3.03. The van der Waals surface area contributed by atoms with E-state index in [-0.39, 0.29) is 17.5 Å². The number of unbranched alkanes of at least 4 members (excludes halogenated alkanes) is 2. The second kappa shape index (κ2) is 10.5. The minimum absolute atomic E-state index is 0.0460. The molecule has 0 aromatic rings. The van der Waals surface area contributed by atoms with Gasteiger partial charge in [-0.2, -0.15) is 0 Å². The van der Waals surface area contributed by atoms with Crippen LogP contribution in [-0.2, 0) is 19.1 Å². The first-order valence-corrected chi connectivity index (χ1v) is 7.48. The monoisotopic (exact) mass is 284 g/mol. The van der Waals surface area contributed by atoms with Crippen molar-refractivity contribution in [3.8, 4) is 0 Å². The summed E-state index contributed by atoms with van der Waals surface area (Å²) in [4.78, 5) is 23.9. The Balaban J connectivity index is 4.53. The first kappa shape index (κ1) is 18.7. The van der Waals surface area contributed by atoms with Crippen LogP contribution in [0.25, 0.3) is 0 Å². The number of carbonyl (C=O) groups is 2. The second-order valence-electron chi connectivity index (χ2n) is 5.26. The summed E-state index contributed by atoms with van der Waals surface area (Å²) < 4.78 is 10.3. The van der Waals surface area contributed by atoms with Crippen molar-refractivity contribution in [2.24, 2.45) is 11.8 Å². The zero-order valence-electron chi connectivity index (χ0n) is 13.2. The van der Waals surface area contributed by atoms with E-state index in [0.717, 1.165) is 25.7 Å². The molecular weight excluding hydrogens is 256 g/mol. The van der Waals surface area contributed by atoms with E-state index in [0.29, 0.717) is 13.2 Å². The molecule has 0 saturated heterocycles. The summed E-state index contributed by atoms with van der Waals surface area (Å²) in [6.07, 6.45) is 3.54. The lowest BCUT2D eigenvalue weighted by molar-refractivity contribution is -0.152. The second-order valence-corrected chi connectivity index (χ2v) is 5.26. The van der Waals surface area contributed by atoms with Crippen LogP contribution in [0.3, 0.4) is 0 Å². The molecule has 0 spiro atoms. The predicted molar refractivity (Wildman–Crippen MR) is 79.2 cm³/mol. The van der Waals surface area contributed by atoms with E-state index in [1.54, 1.807) is 0 Å². The van der Waals surface area contributed by atoms with Gasteiger partial charge >= 0.3 is 11.9 Å². The van der Waals surface area contributed by atoms with E-state index < -0.39 is 11.9 Å². The highest BCUT2D eigenvalue weighted by molar-refractivity contribution is 5.95. The fourth-order valence-corrected chi connectivity index (χ4v) is 1.75.